The molecule has 0 aromatic rings. The summed E-state index contributed by atoms with van der Waals surface area (Å²) in [6.45, 7) is 3.84. The summed E-state index contributed by atoms with van der Waals surface area (Å²) in [5.74, 6) is 0.443. The highest BCUT2D eigenvalue weighted by Crippen LogP contribution is 1.96. The number of rotatable bonds is 3. The molecular formula is C7H14O. The molecule has 0 aromatic carbocycles. The molecule has 0 unspecified atom stereocenters. The van der Waals surface area contributed by atoms with Crippen molar-refractivity contribution in [2.24, 2.45) is 0 Å². The molecule has 1 heteroatoms. The molecule has 0 bridgehead atoms. The van der Waals surface area contributed by atoms with Gasteiger partial charge in [-0.15, -0.1) is 0 Å². The van der Waals surface area contributed by atoms with Crippen LogP contribution in [0.5, 0.6) is 0 Å². The monoisotopic (exact) mass is 114 g/mol. The highest BCUT2D eigenvalue weighted by Gasteiger charge is 1.79. The first-order chi connectivity index (χ1) is 3.77. The first-order valence-electron chi connectivity index (χ1n) is 3.13. The van der Waals surface area contributed by atoms with Gasteiger partial charge in [0.2, 0.25) is 0 Å². The smallest absolute Gasteiger partial charge is 0.0851 e. The lowest BCUT2D eigenvalue weighted by atomic mass is 10.2. The van der Waals surface area contributed by atoms with Gasteiger partial charge in [0.15, 0.2) is 0 Å². The summed E-state index contributed by atoms with van der Waals surface area (Å²) < 4.78 is 0. The molecule has 0 spiro atoms. The Morgan fingerprint density at radius 1 is 1.62 bits per heavy atom. The van der Waals surface area contributed by atoms with Gasteiger partial charge in [0.25, 0.3) is 0 Å². The third-order valence-electron chi connectivity index (χ3n) is 0.997. The number of aliphatic hydroxyl groups is 1. The van der Waals surface area contributed by atoms with Gasteiger partial charge in [0.1, 0.15) is 0 Å². The van der Waals surface area contributed by atoms with E-state index in [1.807, 2.05) is 6.08 Å². The van der Waals surface area contributed by atoms with E-state index in [0.717, 1.165) is 6.42 Å². The molecule has 0 radical (unpaired) electrons. The van der Waals surface area contributed by atoms with Gasteiger partial charge in [-0.05, 0) is 25.8 Å². The molecule has 0 saturated carbocycles. The van der Waals surface area contributed by atoms with Crippen molar-refractivity contribution in [3.63, 3.8) is 0 Å². The predicted octanol–water partition coefficient (Wildman–Crippen LogP) is 2.64. The number of allylic oxidation sites excluding steroid dienone is 2. The average molecular weight is 114 g/mol. The fourth-order valence-corrected chi connectivity index (χ4v) is 0.515. The molecule has 1 nitrogen and oxygen atoms in total. The molecule has 0 aliphatic heterocycles. The van der Waals surface area contributed by atoms with E-state index in [4.69, 9.17) is 5.11 Å². The lowest BCUT2D eigenvalue weighted by Crippen LogP contribution is -1.71. The van der Waals surface area contributed by atoms with Gasteiger partial charge in [0.05, 0.1) is 5.76 Å². The Bertz CT molecular complexity index is 70.5. The molecule has 0 heterocycles. The Morgan fingerprint density at radius 2 is 2.25 bits per heavy atom. The first-order valence-corrected chi connectivity index (χ1v) is 3.13. The van der Waals surface area contributed by atoms with E-state index in [1.54, 1.807) is 6.92 Å². The lowest BCUT2D eigenvalue weighted by Gasteiger charge is -1.88. The number of aliphatic hydroxyl groups excluding tert-OH is 1. The molecular weight excluding hydrogens is 100 g/mol. The van der Waals surface area contributed by atoms with E-state index in [0.29, 0.717) is 5.76 Å². The Balaban J connectivity index is 3.03. The lowest BCUT2D eigenvalue weighted by molar-refractivity contribution is 0.410. The molecule has 0 aromatic heterocycles. The largest absolute Gasteiger partial charge is 0.513 e. The van der Waals surface area contributed by atoms with E-state index in [2.05, 4.69) is 6.92 Å². The number of hydrogen-bond donors (Lipinski definition) is 1. The van der Waals surface area contributed by atoms with Crippen molar-refractivity contribution >= 4 is 0 Å². The summed E-state index contributed by atoms with van der Waals surface area (Å²) in [5.41, 5.74) is 0. The standard InChI is InChI=1S/C7H14O/c1-3-4-5-6-7(2)8/h6,8H,3-5H2,1-2H3. The van der Waals surface area contributed by atoms with Crippen LogP contribution in [0.15, 0.2) is 11.8 Å². The van der Waals surface area contributed by atoms with Crippen LogP contribution in [-0.2, 0) is 0 Å². The molecule has 0 aliphatic carbocycles. The maximum absolute atomic E-state index is 8.64. The van der Waals surface area contributed by atoms with Crippen LogP contribution in [0.2, 0.25) is 0 Å². The van der Waals surface area contributed by atoms with Crippen LogP contribution in [0.4, 0.5) is 0 Å². The summed E-state index contributed by atoms with van der Waals surface area (Å²) >= 11 is 0. The van der Waals surface area contributed by atoms with E-state index >= 15 is 0 Å². The van der Waals surface area contributed by atoms with E-state index in [9.17, 15) is 0 Å². The Hall–Kier alpha value is -0.460. The third kappa shape index (κ3) is 5.54. The van der Waals surface area contributed by atoms with Gasteiger partial charge in [-0.25, -0.2) is 0 Å². The highest BCUT2D eigenvalue weighted by molar-refractivity contribution is 4.84. The van der Waals surface area contributed by atoms with Gasteiger partial charge in [0, 0.05) is 0 Å². The van der Waals surface area contributed by atoms with Crippen LogP contribution in [0.1, 0.15) is 33.1 Å². The normalized spacial score (nSPS) is 12.0. The molecule has 0 aliphatic rings. The Kier molecular flexibility index (Phi) is 4.42. The van der Waals surface area contributed by atoms with Crippen molar-refractivity contribution in [1.29, 1.82) is 0 Å². The molecule has 0 atom stereocenters. The zero-order valence-corrected chi connectivity index (χ0v) is 5.65. The third-order valence-corrected chi connectivity index (χ3v) is 0.997. The molecule has 1 N–H and O–H groups in total. The van der Waals surface area contributed by atoms with Crippen LogP contribution in [0, 0.1) is 0 Å². The van der Waals surface area contributed by atoms with Crippen LogP contribution in [0.3, 0.4) is 0 Å². The van der Waals surface area contributed by atoms with Gasteiger partial charge in [-0.1, -0.05) is 13.3 Å². The first kappa shape index (κ1) is 7.54. The van der Waals surface area contributed by atoms with Gasteiger partial charge >= 0.3 is 0 Å². The Morgan fingerprint density at radius 3 is 2.62 bits per heavy atom. The predicted molar refractivity (Wildman–Crippen MR) is 35.9 cm³/mol. The second-order valence-electron chi connectivity index (χ2n) is 1.99. The minimum absolute atomic E-state index is 0.443. The zero-order valence-electron chi connectivity index (χ0n) is 5.65. The summed E-state index contributed by atoms with van der Waals surface area (Å²) in [5, 5.41) is 8.64. The van der Waals surface area contributed by atoms with Crippen LogP contribution in [-0.4, -0.2) is 5.11 Å². The molecule has 0 saturated heterocycles. The average Bonchev–Trinajstić information content (AvgIpc) is 1.66. The number of unbranched alkanes of at least 4 members (excludes halogenated alkanes) is 2. The van der Waals surface area contributed by atoms with E-state index in [1.165, 1.54) is 12.8 Å². The fraction of sp³-hybridized carbons (Fsp3) is 0.714. The summed E-state index contributed by atoms with van der Waals surface area (Å²) in [6.07, 6.45) is 5.24. The van der Waals surface area contributed by atoms with Crippen LogP contribution < -0.4 is 0 Å². The molecule has 0 fully saturated rings. The van der Waals surface area contributed by atoms with Crippen molar-refractivity contribution in [2.75, 3.05) is 0 Å². The van der Waals surface area contributed by atoms with Crippen LogP contribution in [0.25, 0.3) is 0 Å². The van der Waals surface area contributed by atoms with Crippen molar-refractivity contribution in [3.8, 4) is 0 Å². The van der Waals surface area contributed by atoms with Crippen molar-refractivity contribution in [3.05, 3.63) is 11.8 Å². The minimum atomic E-state index is 0.443. The summed E-state index contributed by atoms with van der Waals surface area (Å²) in [7, 11) is 0. The molecule has 48 valence electrons. The maximum Gasteiger partial charge on any atom is 0.0851 e. The van der Waals surface area contributed by atoms with Gasteiger partial charge in [-0.3, -0.25) is 0 Å². The Labute approximate surface area is 51.0 Å². The minimum Gasteiger partial charge on any atom is -0.513 e. The highest BCUT2D eigenvalue weighted by atomic mass is 16.3. The van der Waals surface area contributed by atoms with Crippen molar-refractivity contribution in [1.82, 2.24) is 0 Å². The zero-order chi connectivity index (χ0) is 6.41. The SMILES string of the molecule is CCCCC=C(C)O. The van der Waals surface area contributed by atoms with E-state index in [-0.39, 0.29) is 0 Å². The summed E-state index contributed by atoms with van der Waals surface area (Å²) in [4.78, 5) is 0. The van der Waals surface area contributed by atoms with Crippen LogP contribution >= 0.6 is 0 Å². The van der Waals surface area contributed by atoms with Crippen molar-refractivity contribution < 1.29 is 5.11 Å². The summed E-state index contributed by atoms with van der Waals surface area (Å²) in [6, 6.07) is 0. The van der Waals surface area contributed by atoms with E-state index < -0.39 is 0 Å². The number of hydrogen-bond acceptors (Lipinski definition) is 1. The van der Waals surface area contributed by atoms with Gasteiger partial charge < -0.3 is 5.11 Å². The quantitative estimate of drug-likeness (QED) is 0.441. The van der Waals surface area contributed by atoms with Crippen molar-refractivity contribution in [2.45, 2.75) is 33.1 Å². The molecule has 0 amide bonds. The maximum atomic E-state index is 8.64. The molecule has 8 heavy (non-hydrogen) atoms. The molecule has 0 rings (SSSR count). The fourth-order valence-electron chi connectivity index (χ4n) is 0.515. The topological polar surface area (TPSA) is 20.2 Å². The second kappa shape index (κ2) is 4.69. The van der Waals surface area contributed by atoms with Gasteiger partial charge in [-0.2, -0.15) is 0 Å². The second-order valence-corrected chi connectivity index (χ2v) is 1.99.